The average molecular weight is 289 g/mol. The Labute approximate surface area is 126 Å². The third-order valence-electron chi connectivity index (χ3n) is 2.80. The Morgan fingerprint density at radius 1 is 1.11 bits per heavy atom. The number of aryl methyl sites for hydroxylation is 1. The highest BCUT2D eigenvalue weighted by Crippen LogP contribution is 2.21. The first-order valence-electron chi connectivity index (χ1n) is 6.66. The van der Waals surface area contributed by atoms with Gasteiger partial charge in [0, 0.05) is 12.9 Å². The van der Waals surface area contributed by atoms with E-state index in [0.717, 1.165) is 39.5 Å². The van der Waals surface area contributed by atoms with E-state index in [4.69, 9.17) is 19.2 Å². The Balaban J connectivity index is 2.44. The highest BCUT2D eigenvalue weighted by atomic mass is 32.2. The summed E-state index contributed by atoms with van der Waals surface area (Å²) in [5.74, 6) is 1.76. The summed E-state index contributed by atoms with van der Waals surface area (Å²) in [5, 5.41) is 0. The first-order chi connectivity index (χ1) is 9.63. The molecule has 2 rings (SSSR count). The van der Waals surface area contributed by atoms with Crippen LogP contribution in [-0.4, -0.2) is 30.3 Å². The zero-order valence-corrected chi connectivity index (χ0v) is 12.9. The zero-order valence-electron chi connectivity index (χ0n) is 12.2. The maximum Gasteiger partial charge on any atom is 0.0893 e. The molecule has 0 aliphatic carbocycles. The molecule has 0 saturated heterocycles. The molecular weight excluding hydrogens is 271 g/mol. The van der Waals surface area contributed by atoms with Crippen molar-refractivity contribution in [2.24, 2.45) is 0 Å². The molecule has 0 spiro atoms. The summed E-state index contributed by atoms with van der Waals surface area (Å²) >= 11 is 3.52. The van der Waals surface area contributed by atoms with Crippen LogP contribution < -0.4 is 0 Å². The molecule has 0 bridgehead atoms. The van der Waals surface area contributed by atoms with Crippen LogP contribution in [0, 0.1) is 0 Å². The van der Waals surface area contributed by atoms with Gasteiger partial charge in [0.05, 0.1) is 30.3 Å². The predicted octanol–water partition coefficient (Wildman–Crippen LogP) is 3.49. The number of aromatic nitrogens is 2. The minimum atomic E-state index is -0.582. The van der Waals surface area contributed by atoms with Crippen LogP contribution in [0.25, 0.3) is 11.0 Å². The van der Waals surface area contributed by atoms with Gasteiger partial charge < -0.3 is 0 Å². The molecule has 98 valence electrons. The van der Waals surface area contributed by atoms with Gasteiger partial charge in [-0.05, 0) is 36.6 Å². The number of benzene rings is 1. The molecule has 1 heterocycles. The second-order valence-electron chi connectivity index (χ2n) is 4.25. The van der Waals surface area contributed by atoms with Crippen molar-refractivity contribution in [3.05, 3.63) is 35.2 Å². The monoisotopic (exact) mass is 289 g/mol. The van der Waals surface area contributed by atoms with Crippen molar-refractivity contribution in [3.63, 3.8) is 0 Å². The van der Waals surface area contributed by atoms with E-state index < -0.39 is 6.30 Å². The highest BCUT2D eigenvalue weighted by molar-refractivity contribution is 7.98. The SMILES string of the molecule is [2H]C([B])Cc1ccc2nc(CSC)c(CSC)nc2c1. The smallest absolute Gasteiger partial charge is 0.0893 e. The fourth-order valence-corrected chi connectivity index (χ4v) is 2.95. The summed E-state index contributed by atoms with van der Waals surface area (Å²) in [7, 11) is 5.53. The molecule has 1 aromatic carbocycles. The number of hydrogen-bond donors (Lipinski definition) is 0. The van der Waals surface area contributed by atoms with Crippen LogP contribution in [-0.2, 0) is 17.9 Å². The maximum absolute atomic E-state index is 7.46. The van der Waals surface area contributed by atoms with Crippen LogP contribution >= 0.6 is 23.5 Å². The molecule has 0 N–H and O–H groups in total. The largest absolute Gasteiger partial charge is 0.248 e. The van der Waals surface area contributed by atoms with Crippen LogP contribution in [0.15, 0.2) is 18.2 Å². The fraction of sp³-hybridized carbons (Fsp3) is 0.429. The van der Waals surface area contributed by atoms with Gasteiger partial charge in [0.2, 0.25) is 0 Å². The summed E-state index contributed by atoms with van der Waals surface area (Å²) in [5.41, 5.74) is 5.00. The zero-order chi connectivity index (χ0) is 14.5. The lowest BCUT2D eigenvalue weighted by Crippen LogP contribution is -2.01. The Kier molecular flexibility index (Phi) is 5.04. The van der Waals surface area contributed by atoms with Crippen LogP contribution in [0.5, 0.6) is 0 Å². The molecule has 1 aromatic heterocycles. The van der Waals surface area contributed by atoms with Gasteiger partial charge in [0.1, 0.15) is 0 Å². The van der Waals surface area contributed by atoms with Gasteiger partial charge >= 0.3 is 0 Å². The van der Waals surface area contributed by atoms with E-state index in [2.05, 4.69) is 12.5 Å². The van der Waals surface area contributed by atoms with Crippen LogP contribution in [0.4, 0.5) is 0 Å². The van der Waals surface area contributed by atoms with Crippen molar-refractivity contribution in [2.45, 2.75) is 24.2 Å². The normalized spacial score (nSPS) is 13.5. The summed E-state index contributed by atoms with van der Waals surface area (Å²) in [4.78, 5) is 9.48. The maximum atomic E-state index is 7.46. The van der Waals surface area contributed by atoms with Gasteiger partial charge in [-0.1, -0.05) is 12.4 Å². The second-order valence-corrected chi connectivity index (χ2v) is 5.98. The van der Waals surface area contributed by atoms with E-state index in [1.54, 1.807) is 23.5 Å². The minimum Gasteiger partial charge on any atom is -0.248 e. The number of thioether (sulfide) groups is 2. The molecule has 2 aromatic rings. The lowest BCUT2D eigenvalue weighted by molar-refractivity contribution is 1.06. The van der Waals surface area contributed by atoms with Crippen LogP contribution in [0.1, 0.15) is 18.3 Å². The van der Waals surface area contributed by atoms with Crippen molar-refractivity contribution >= 4 is 42.4 Å². The fourth-order valence-electron chi connectivity index (χ4n) is 1.94. The molecule has 0 fully saturated rings. The third kappa shape index (κ3) is 3.66. The summed E-state index contributed by atoms with van der Waals surface area (Å²) in [6.07, 6.45) is 4.11. The van der Waals surface area contributed by atoms with Gasteiger partial charge in [0.25, 0.3) is 0 Å². The summed E-state index contributed by atoms with van der Waals surface area (Å²) in [6.45, 7) is 0. The van der Waals surface area contributed by atoms with E-state index in [1.807, 2.05) is 18.2 Å². The minimum absolute atomic E-state index is 0.544. The molecule has 0 aliphatic rings. The average Bonchev–Trinajstić information content (AvgIpc) is 2.39. The van der Waals surface area contributed by atoms with E-state index in [1.165, 1.54) is 0 Å². The molecule has 19 heavy (non-hydrogen) atoms. The van der Waals surface area contributed by atoms with E-state index in [0.29, 0.717) is 6.42 Å². The van der Waals surface area contributed by atoms with E-state index in [9.17, 15) is 0 Å². The van der Waals surface area contributed by atoms with Crippen molar-refractivity contribution in [2.75, 3.05) is 12.5 Å². The standard InChI is InChI=1S/C14H17BN2S2/c1-18-8-13-14(9-19-2)17-12-7-10(5-6-15)3-4-11(12)16-13/h3-4,7H,5-6,8-9H2,1-2H3/i6D. The molecule has 2 nitrogen and oxygen atoms in total. The van der Waals surface area contributed by atoms with Crippen LogP contribution in [0.3, 0.4) is 0 Å². The van der Waals surface area contributed by atoms with Gasteiger partial charge in [0.15, 0.2) is 0 Å². The van der Waals surface area contributed by atoms with Gasteiger partial charge in [-0.3, -0.25) is 0 Å². The van der Waals surface area contributed by atoms with Crippen molar-refractivity contribution < 1.29 is 1.37 Å². The van der Waals surface area contributed by atoms with Gasteiger partial charge in [-0.25, -0.2) is 9.97 Å². The summed E-state index contributed by atoms with van der Waals surface area (Å²) in [6, 6.07) is 5.97. The molecule has 2 radical (unpaired) electrons. The lowest BCUT2D eigenvalue weighted by atomic mass is 9.97. The Bertz CT molecular complexity index is 593. The quantitative estimate of drug-likeness (QED) is 0.760. The topological polar surface area (TPSA) is 25.8 Å². The molecule has 1 unspecified atom stereocenters. The molecular formula is C14H17BN2S2. The number of hydrogen-bond acceptors (Lipinski definition) is 4. The number of nitrogens with zero attached hydrogens (tertiary/aromatic N) is 2. The first-order valence-corrected chi connectivity index (χ1v) is 8.87. The Morgan fingerprint density at radius 3 is 2.32 bits per heavy atom. The molecule has 0 amide bonds. The lowest BCUT2D eigenvalue weighted by Gasteiger charge is -2.09. The molecule has 5 heteroatoms. The predicted molar refractivity (Wildman–Crippen MR) is 88.2 cm³/mol. The number of fused-ring (bicyclic) bond motifs is 1. The van der Waals surface area contributed by atoms with Crippen molar-refractivity contribution in [3.8, 4) is 0 Å². The first kappa shape index (κ1) is 13.3. The third-order valence-corrected chi connectivity index (χ3v) is 3.92. The van der Waals surface area contributed by atoms with Crippen molar-refractivity contribution in [1.82, 2.24) is 9.97 Å². The van der Waals surface area contributed by atoms with Crippen molar-refractivity contribution in [1.29, 1.82) is 0 Å². The van der Waals surface area contributed by atoms with Crippen LogP contribution in [0.2, 0.25) is 6.30 Å². The Hall–Kier alpha value is -0.675. The molecule has 0 saturated carbocycles. The van der Waals surface area contributed by atoms with Gasteiger partial charge in [-0.15, -0.1) is 0 Å². The molecule has 0 aliphatic heterocycles. The highest BCUT2D eigenvalue weighted by Gasteiger charge is 2.08. The summed E-state index contributed by atoms with van der Waals surface area (Å²) < 4.78 is 7.46. The Morgan fingerprint density at radius 2 is 1.74 bits per heavy atom. The van der Waals surface area contributed by atoms with E-state index in [-0.39, 0.29) is 0 Å². The number of rotatable bonds is 6. The molecule has 1 atom stereocenters. The second kappa shape index (κ2) is 7.20. The van der Waals surface area contributed by atoms with Gasteiger partial charge in [-0.2, -0.15) is 23.5 Å². The van der Waals surface area contributed by atoms with E-state index >= 15 is 0 Å².